The minimum absolute atomic E-state index is 0.546. The highest BCUT2D eigenvalue weighted by atomic mass is 19.4. The highest BCUT2D eigenvalue weighted by Crippen LogP contribution is 2.49. The summed E-state index contributed by atoms with van der Waals surface area (Å²) in [4.78, 5) is 14.0. The minimum Gasteiger partial charge on any atom is -0.462 e. The van der Waals surface area contributed by atoms with Gasteiger partial charge in [0.1, 0.15) is 17.1 Å². The summed E-state index contributed by atoms with van der Waals surface area (Å²) < 4.78 is 133. The number of nitrogens with zero attached hydrogens (tertiary/aromatic N) is 1. The monoisotopic (exact) mass is 402 g/mol. The average Bonchev–Trinajstić information content (AvgIpc) is 2.43. The maximum Gasteiger partial charge on any atom is 0.459 e. The lowest BCUT2D eigenvalue weighted by Gasteiger charge is -2.25. The molecule has 1 heterocycles. The van der Waals surface area contributed by atoms with Crippen molar-refractivity contribution >= 4 is 11.8 Å². The standard InChI is InChI=1S/C12H8F10N2O2/c1-2-26-8(25)6-4(9(13,14)11(17,18)19)3-5(24-7(6)23)10(15,16)12(20,21)22/h3H,2H2,1H3,(H2,23,24). The number of nitrogen functional groups attached to an aromatic ring is 1. The fourth-order valence-corrected chi connectivity index (χ4v) is 1.69. The predicted octanol–water partition coefficient (Wildman–Crippen LogP) is 4.15. The lowest BCUT2D eigenvalue weighted by molar-refractivity contribution is -0.293. The molecule has 1 aromatic rings. The third-order valence-corrected chi connectivity index (χ3v) is 2.90. The molecular formula is C12H8F10N2O2. The highest BCUT2D eigenvalue weighted by molar-refractivity contribution is 5.96. The van der Waals surface area contributed by atoms with Gasteiger partial charge in [-0.15, -0.1) is 0 Å². The van der Waals surface area contributed by atoms with Crippen LogP contribution in [-0.4, -0.2) is 29.9 Å². The van der Waals surface area contributed by atoms with Crippen molar-refractivity contribution < 1.29 is 53.4 Å². The van der Waals surface area contributed by atoms with Crippen LogP contribution in [0.1, 0.15) is 28.5 Å². The van der Waals surface area contributed by atoms with Gasteiger partial charge in [-0.1, -0.05) is 0 Å². The van der Waals surface area contributed by atoms with E-state index >= 15 is 0 Å². The fourth-order valence-electron chi connectivity index (χ4n) is 1.69. The average molecular weight is 402 g/mol. The number of carbonyl (C=O) groups is 1. The van der Waals surface area contributed by atoms with E-state index in [4.69, 9.17) is 5.73 Å². The van der Waals surface area contributed by atoms with Crippen LogP contribution in [0, 0.1) is 0 Å². The molecule has 0 aliphatic rings. The molecule has 0 atom stereocenters. The van der Waals surface area contributed by atoms with Crippen molar-refractivity contribution in [2.24, 2.45) is 0 Å². The quantitative estimate of drug-likeness (QED) is 0.607. The molecule has 0 aliphatic carbocycles. The van der Waals surface area contributed by atoms with Gasteiger partial charge >= 0.3 is 30.2 Å². The van der Waals surface area contributed by atoms with Gasteiger partial charge in [0.2, 0.25) is 0 Å². The molecule has 0 bridgehead atoms. The number of hydrogen-bond donors (Lipinski definition) is 1. The molecule has 0 aliphatic heterocycles. The Morgan fingerprint density at radius 3 is 1.85 bits per heavy atom. The Bertz CT molecular complexity index is 696. The first kappa shape index (κ1) is 21.8. The summed E-state index contributed by atoms with van der Waals surface area (Å²) >= 11 is 0. The van der Waals surface area contributed by atoms with Crippen LogP contribution in [0.25, 0.3) is 0 Å². The summed E-state index contributed by atoms with van der Waals surface area (Å²) in [6.07, 6.45) is -12.8. The summed E-state index contributed by atoms with van der Waals surface area (Å²) in [5, 5.41) is 0. The highest BCUT2D eigenvalue weighted by Gasteiger charge is 2.63. The van der Waals surface area contributed by atoms with Gasteiger partial charge in [0.15, 0.2) is 0 Å². The number of anilines is 1. The van der Waals surface area contributed by atoms with E-state index < -0.39 is 65.5 Å². The van der Waals surface area contributed by atoms with Crippen LogP contribution in [0.3, 0.4) is 0 Å². The van der Waals surface area contributed by atoms with Gasteiger partial charge in [-0.2, -0.15) is 43.9 Å². The summed E-state index contributed by atoms with van der Waals surface area (Å²) in [6, 6.07) is -0.871. The number of halogens is 10. The maximum atomic E-state index is 13.6. The third-order valence-electron chi connectivity index (χ3n) is 2.90. The summed E-state index contributed by atoms with van der Waals surface area (Å²) in [6.45, 7) is 0.574. The Morgan fingerprint density at radius 2 is 1.46 bits per heavy atom. The number of esters is 1. The molecule has 4 nitrogen and oxygen atoms in total. The van der Waals surface area contributed by atoms with Crippen molar-refractivity contribution in [3.63, 3.8) is 0 Å². The van der Waals surface area contributed by atoms with Crippen molar-refractivity contribution in [2.45, 2.75) is 31.1 Å². The summed E-state index contributed by atoms with van der Waals surface area (Å²) in [7, 11) is 0. The first-order chi connectivity index (χ1) is 11.5. The van der Waals surface area contributed by atoms with Crippen LogP contribution in [0.15, 0.2) is 6.07 Å². The van der Waals surface area contributed by atoms with Crippen molar-refractivity contribution in [1.29, 1.82) is 0 Å². The number of pyridine rings is 1. The number of ether oxygens (including phenoxy) is 1. The van der Waals surface area contributed by atoms with Crippen LogP contribution in [-0.2, 0) is 16.6 Å². The third kappa shape index (κ3) is 3.62. The van der Waals surface area contributed by atoms with Crippen molar-refractivity contribution in [1.82, 2.24) is 4.98 Å². The SMILES string of the molecule is CCOC(=O)c1c(C(F)(F)C(F)(F)F)cc(C(F)(F)C(F)(F)F)nc1N. The van der Waals surface area contributed by atoms with E-state index in [9.17, 15) is 48.7 Å². The number of nitrogens with two attached hydrogens (primary N) is 1. The molecule has 148 valence electrons. The number of hydrogen-bond acceptors (Lipinski definition) is 4. The topological polar surface area (TPSA) is 65.2 Å². The smallest absolute Gasteiger partial charge is 0.459 e. The second-order valence-corrected chi connectivity index (χ2v) is 4.68. The molecular weight excluding hydrogens is 394 g/mol. The molecule has 0 saturated heterocycles. The van der Waals surface area contributed by atoms with Crippen molar-refractivity contribution in [3.05, 3.63) is 22.9 Å². The first-order valence-electron chi connectivity index (χ1n) is 6.36. The molecule has 2 N–H and O–H groups in total. The molecule has 0 aromatic carbocycles. The van der Waals surface area contributed by atoms with E-state index in [1.807, 2.05) is 0 Å². The summed E-state index contributed by atoms with van der Waals surface area (Å²) in [5.74, 6) is -15.5. The van der Waals surface area contributed by atoms with E-state index in [1.54, 1.807) is 0 Å². The molecule has 1 rings (SSSR count). The van der Waals surface area contributed by atoms with E-state index in [0.717, 1.165) is 6.92 Å². The zero-order valence-electron chi connectivity index (χ0n) is 12.4. The second-order valence-electron chi connectivity index (χ2n) is 4.68. The Hall–Kier alpha value is -2.28. The second kappa shape index (κ2) is 6.46. The van der Waals surface area contributed by atoms with Gasteiger partial charge in [0, 0.05) is 0 Å². The molecule has 0 spiro atoms. The van der Waals surface area contributed by atoms with Gasteiger partial charge in [0.25, 0.3) is 0 Å². The van der Waals surface area contributed by atoms with Gasteiger partial charge in [0.05, 0.1) is 12.2 Å². The largest absolute Gasteiger partial charge is 0.462 e. The molecule has 0 saturated carbocycles. The Labute approximate surface area is 137 Å². The normalized spacial score (nSPS) is 13.7. The Kier molecular flexibility index (Phi) is 5.41. The molecule has 14 heteroatoms. The van der Waals surface area contributed by atoms with Gasteiger partial charge < -0.3 is 10.5 Å². The lowest BCUT2D eigenvalue weighted by atomic mass is 9.99. The number of aromatic nitrogens is 1. The molecule has 0 radical (unpaired) electrons. The van der Waals surface area contributed by atoms with Gasteiger partial charge in [-0.3, -0.25) is 0 Å². The number of alkyl halides is 10. The van der Waals surface area contributed by atoms with E-state index in [-0.39, 0.29) is 0 Å². The Morgan fingerprint density at radius 1 is 1.00 bits per heavy atom. The lowest BCUT2D eigenvalue weighted by Crippen LogP contribution is -2.38. The molecule has 0 fully saturated rings. The zero-order valence-corrected chi connectivity index (χ0v) is 12.4. The predicted molar refractivity (Wildman–Crippen MR) is 64.5 cm³/mol. The van der Waals surface area contributed by atoms with Crippen LogP contribution in [0.5, 0.6) is 0 Å². The number of carbonyl (C=O) groups excluding carboxylic acids is 1. The van der Waals surface area contributed by atoms with Crippen molar-refractivity contribution in [2.75, 3.05) is 12.3 Å². The van der Waals surface area contributed by atoms with Crippen LogP contribution >= 0.6 is 0 Å². The van der Waals surface area contributed by atoms with Crippen LogP contribution in [0.4, 0.5) is 49.7 Å². The molecule has 0 amide bonds. The van der Waals surface area contributed by atoms with E-state index in [2.05, 4.69) is 9.72 Å². The minimum atomic E-state index is -6.44. The van der Waals surface area contributed by atoms with Crippen LogP contribution < -0.4 is 5.73 Å². The van der Waals surface area contributed by atoms with Crippen LogP contribution in [0.2, 0.25) is 0 Å². The van der Waals surface area contributed by atoms with E-state index in [0.29, 0.717) is 0 Å². The molecule has 26 heavy (non-hydrogen) atoms. The Balaban J connectivity index is 3.85. The fraction of sp³-hybridized carbons (Fsp3) is 0.500. The van der Waals surface area contributed by atoms with Gasteiger partial charge in [-0.25, -0.2) is 9.78 Å². The van der Waals surface area contributed by atoms with E-state index in [1.165, 1.54) is 0 Å². The van der Waals surface area contributed by atoms with Gasteiger partial charge in [-0.05, 0) is 13.0 Å². The molecule has 0 unspecified atom stereocenters. The zero-order chi connectivity index (χ0) is 20.7. The maximum absolute atomic E-state index is 13.6. The van der Waals surface area contributed by atoms with Crippen molar-refractivity contribution in [3.8, 4) is 0 Å². The molecule has 1 aromatic heterocycles. The number of rotatable bonds is 4. The summed E-state index contributed by atoms with van der Waals surface area (Å²) in [5.41, 5.74) is -1.91. The first-order valence-corrected chi connectivity index (χ1v) is 6.36.